The summed E-state index contributed by atoms with van der Waals surface area (Å²) < 4.78 is 69.7. The molecule has 0 aromatic heterocycles. The monoisotopic (exact) mass is 478 g/mol. The number of ether oxygens (including phenoxy) is 1. The third kappa shape index (κ3) is 6.26. The zero-order valence-corrected chi connectivity index (χ0v) is 18.5. The number of nitrogens with one attached hydrogen (secondary N) is 1. The number of sulfonamides is 1. The Morgan fingerprint density at radius 1 is 0.909 bits per heavy atom. The van der Waals surface area contributed by atoms with Crippen LogP contribution in [-0.2, 0) is 21.0 Å². The molecule has 174 valence electrons. The van der Waals surface area contributed by atoms with Crippen LogP contribution in [0.2, 0.25) is 0 Å². The van der Waals surface area contributed by atoms with E-state index in [1.54, 1.807) is 24.3 Å². The van der Waals surface area contributed by atoms with Crippen LogP contribution in [0.5, 0.6) is 11.5 Å². The number of anilines is 2. The lowest BCUT2D eigenvalue weighted by Crippen LogP contribution is -2.45. The first-order valence-corrected chi connectivity index (χ1v) is 11.6. The highest BCUT2D eigenvalue weighted by atomic mass is 32.2. The third-order valence-corrected chi connectivity index (χ3v) is 5.88. The van der Waals surface area contributed by atoms with Gasteiger partial charge in [-0.25, -0.2) is 8.42 Å². The molecule has 0 aliphatic rings. The highest BCUT2D eigenvalue weighted by Gasteiger charge is 2.31. The molecule has 0 saturated carbocycles. The number of carbonyl (C=O) groups is 1. The molecule has 0 aliphatic carbocycles. The molecule has 0 heterocycles. The number of para-hydroxylation sites is 1. The SMILES string of the molecule is C[C@@H](C(=O)Nc1ccc(C(F)(F)F)cc1)N(c1ccc(Oc2ccccc2)cc1)S(C)(=O)=O. The molecular weight excluding hydrogens is 457 g/mol. The molecule has 3 aromatic rings. The molecule has 0 bridgehead atoms. The lowest BCUT2D eigenvalue weighted by molar-refractivity contribution is -0.137. The Morgan fingerprint density at radius 3 is 1.97 bits per heavy atom. The molecule has 0 fully saturated rings. The Balaban J connectivity index is 1.77. The number of alkyl halides is 3. The predicted octanol–water partition coefficient (Wildman–Crippen LogP) is 5.29. The molecule has 0 spiro atoms. The fraction of sp³-hybridized carbons (Fsp3) is 0.174. The van der Waals surface area contributed by atoms with Crippen LogP contribution >= 0.6 is 0 Å². The van der Waals surface area contributed by atoms with Crippen LogP contribution in [0, 0.1) is 0 Å². The van der Waals surface area contributed by atoms with E-state index >= 15 is 0 Å². The second-order valence-electron chi connectivity index (χ2n) is 7.21. The summed E-state index contributed by atoms with van der Waals surface area (Å²) in [5, 5.41) is 2.45. The van der Waals surface area contributed by atoms with Crippen molar-refractivity contribution in [2.45, 2.75) is 19.1 Å². The summed E-state index contributed by atoms with van der Waals surface area (Å²) >= 11 is 0. The number of amides is 1. The van der Waals surface area contributed by atoms with Gasteiger partial charge < -0.3 is 10.1 Å². The highest BCUT2D eigenvalue weighted by Crippen LogP contribution is 2.30. The number of benzene rings is 3. The van der Waals surface area contributed by atoms with Gasteiger partial charge in [-0.3, -0.25) is 9.10 Å². The van der Waals surface area contributed by atoms with Crippen molar-refractivity contribution in [3.63, 3.8) is 0 Å². The Morgan fingerprint density at radius 2 is 1.45 bits per heavy atom. The molecule has 3 aromatic carbocycles. The Labute approximate surface area is 189 Å². The summed E-state index contributed by atoms with van der Waals surface area (Å²) in [6, 6.07) is 17.8. The van der Waals surface area contributed by atoms with E-state index in [2.05, 4.69) is 5.32 Å². The normalized spacial score (nSPS) is 12.6. The maximum atomic E-state index is 12.7. The lowest BCUT2D eigenvalue weighted by Gasteiger charge is -2.28. The predicted molar refractivity (Wildman–Crippen MR) is 120 cm³/mol. The largest absolute Gasteiger partial charge is 0.457 e. The van der Waals surface area contributed by atoms with Crippen LogP contribution in [0.1, 0.15) is 12.5 Å². The molecule has 33 heavy (non-hydrogen) atoms. The second-order valence-corrected chi connectivity index (χ2v) is 9.07. The average Bonchev–Trinajstić information content (AvgIpc) is 2.74. The molecule has 0 unspecified atom stereocenters. The first-order chi connectivity index (χ1) is 15.4. The number of hydrogen-bond acceptors (Lipinski definition) is 4. The van der Waals surface area contributed by atoms with Gasteiger partial charge in [0.2, 0.25) is 15.9 Å². The maximum Gasteiger partial charge on any atom is 0.416 e. The van der Waals surface area contributed by atoms with Crippen LogP contribution in [0.15, 0.2) is 78.9 Å². The van der Waals surface area contributed by atoms with Gasteiger partial charge in [0, 0.05) is 5.69 Å². The number of hydrogen-bond donors (Lipinski definition) is 1. The van der Waals surface area contributed by atoms with Crippen molar-refractivity contribution in [1.29, 1.82) is 0 Å². The quantitative estimate of drug-likeness (QED) is 0.501. The van der Waals surface area contributed by atoms with E-state index in [0.29, 0.717) is 11.5 Å². The fourth-order valence-electron chi connectivity index (χ4n) is 3.08. The zero-order valence-electron chi connectivity index (χ0n) is 17.7. The van der Waals surface area contributed by atoms with Gasteiger partial charge in [-0.1, -0.05) is 18.2 Å². The molecule has 6 nitrogen and oxygen atoms in total. The van der Waals surface area contributed by atoms with Gasteiger partial charge in [0.05, 0.1) is 17.5 Å². The molecule has 1 atom stereocenters. The van der Waals surface area contributed by atoms with E-state index in [1.165, 1.54) is 19.1 Å². The van der Waals surface area contributed by atoms with Crippen LogP contribution in [-0.4, -0.2) is 26.6 Å². The van der Waals surface area contributed by atoms with Gasteiger partial charge in [-0.15, -0.1) is 0 Å². The zero-order chi connectivity index (χ0) is 24.2. The Bertz CT molecular complexity index is 1200. The number of carbonyl (C=O) groups excluding carboxylic acids is 1. The van der Waals surface area contributed by atoms with Gasteiger partial charge in [-0.05, 0) is 67.6 Å². The van der Waals surface area contributed by atoms with E-state index in [1.807, 2.05) is 18.2 Å². The topological polar surface area (TPSA) is 75.7 Å². The molecule has 0 radical (unpaired) electrons. The summed E-state index contributed by atoms with van der Waals surface area (Å²) in [6.07, 6.45) is -3.54. The minimum atomic E-state index is -4.50. The van der Waals surface area contributed by atoms with E-state index in [-0.39, 0.29) is 11.4 Å². The summed E-state index contributed by atoms with van der Waals surface area (Å²) in [6.45, 7) is 1.38. The average molecular weight is 478 g/mol. The summed E-state index contributed by atoms with van der Waals surface area (Å²) in [7, 11) is -3.87. The standard InChI is InChI=1S/C23H21F3N2O4S/c1-16(22(29)27-18-10-8-17(9-11-18)23(24,25)26)28(33(2,30)31)19-12-14-21(15-13-19)32-20-6-4-3-5-7-20/h3-16H,1-2H3,(H,27,29)/t16-/m0/s1. The van der Waals surface area contributed by atoms with Crippen molar-refractivity contribution < 1.29 is 31.1 Å². The van der Waals surface area contributed by atoms with Crippen molar-refractivity contribution in [3.8, 4) is 11.5 Å². The first kappa shape index (κ1) is 24.1. The van der Waals surface area contributed by atoms with Crippen molar-refractivity contribution >= 4 is 27.3 Å². The second kappa shape index (κ2) is 9.53. The molecule has 0 aliphatic heterocycles. The van der Waals surface area contributed by atoms with Crippen LogP contribution < -0.4 is 14.4 Å². The fourth-order valence-corrected chi connectivity index (χ4v) is 4.26. The molecule has 1 amide bonds. The van der Waals surface area contributed by atoms with Crippen LogP contribution in [0.4, 0.5) is 24.5 Å². The van der Waals surface area contributed by atoms with Crippen molar-refractivity contribution in [2.24, 2.45) is 0 Å². The summed E-state index contributed by atoms with van der Waals surface area (Å²) in [5.41, 5.74) is -0.517. The lowest BCUT2D eigenvalue weighted by atomic mass is 10.2. The minimum Gasteiger partial charge on any atom is -0.457 e. The first-order valence-electron chi connectivity index (χ1n) is 9.75. The molecular formula is C23H21F3N2O4S. The van der Waals surface area contributed by atoms with Gasteiger partial charge >= 0.3 is 6.18 Å². The van der Waals surface area contributed by atoms with E-state index in [0.717, 1.165) is 34.8 Å². The van der Waals surface area contributed by atoms with Gasteiger partial charge in [-0.2, -0.15) is 13.2 Å². The van der Waals surface area contributed by atoms with Crippen LogP contribution in [0.25, 0.3) is 0 Å². The number of halogens is 3. The maximum absolute atomic E-state index is 12.7. The van der Waals surface area contributed by atoms with Crippen molar-refractivity contribution in [1.82, 2.24) is 0 Å². The number of nitrogens with zero attached hydrogens (tertiary/aromatic N) is 1. The Hall–Kier alpha value is -3.53. The van der Waals surface area contributed by atoms with Crippen LogP contribution in [0.3, 0.4) is 0 Å². The van der Waals surface area contributed by atoms with E-state index in [9.17, 15) is 26.4 Å². The molecule has 0 saturated heterocycles. The number of rotatable bonds is 7. The Kier molecular flexibility index (Phi) is 6.97. The third-order valence-electron chi connectivity index (χ3n) is 4.64. The van der Waals surface area contributed by atoms with Crippen molar-refractivity contribution in [2.75, 3.05) is 15.9 Å². The van der Waals surface area contributed by atoms with Gasteiger partial charge in [0.1, 0.15) is 17.5 Å². The smallest absolute Gasteiger partial charge is 0.416 e. The van der Waals surface area contributed by atoms with Gasteiger partial charge in [0.25, 0.3) is 0 Å². The summed E-state index contributed by atoms with van der Waals surface area (Å²) in [5.74, 6) is 0.375. The molecule has 1 N–H and O–H groups in total. The minimum absolute atomic E-state index is 0.111. The van der Waals surface area contributed by atoms with E-state index in [4.69, 9.17) is 4.74 Å². The van der Waals surface area contributed by atoms with E-state index < -0.39 is 33.7 Å². The molecule has 3 rings (SSSR count). The highest BCUT2D eigenvalue weighted by molar-refractivity contribution is 7.92. The van der Waals surface area contributed by atoms with Gasteiger partial charge in [0.15, 0.2) is 0 Å². The van der Waals surface area contributed by atoms with Crippen molar-refractivity contribution in [3.05, 3.63) is 84.4 Å². The molecule has 10 heteroatoms. The summed E-state index contributed by atoms with van der Waals surface area (Å²) in [4.78, 5) is 12.7.